The molecule has 0 fully saturated rings. The molecule has 0 atom stereocenters. The summed E-state index contributed by atoms with van der Waals surface area (Å²) in [5.41, 5.74) is 17.7. The van der Waals surface area contributed by atoms with Gasteiger partial charge in [0, 0.05) is 39.9 Å². The van der Waals surface area contributed by atoms with Gasteiger partial charge in [-0.1, -0.05) is 150 Å². The van der Waals surface area contributed by atoms with E-state index in [1.165, 1.54) is 44.2 Å². The van der Waals surface area contributed by atoms with Gasteiger partial charge in [0.1, 0.15) is 0 Å². The van der Waals surface area contributed by atoms with Crippen LogP contribution in [-0.4, -0.2) is 24.5 Å². The second kappa shape index (κ2) is 14.8. The van der Waals surface area contributed by atoms with Crippen LogP contribution in [0.15, 0.2) is 176 Å². The van der Waals surface area contributed by atoms with Crippen LogP contribution < -0.4 is 0 Å². The predicted octanol–water partition coefficient (Wildman–Crippen LogP) is 13.6. The monoisotopic (exact) mass is 759 g/mol. The van der Waals surface area contributed by atoms with Crippen LogP contribution in [0.3, 0.4) is 0 Å². The van der Waals surface area contributed by atoms with Gasteiger partial charge >= 0.3 is 0 Å². The van der Waals surface area contributed by atoms with Gasteiger partial charge in [0.15, 0.2) is 17.5 Å². The van der Waals surface area contributed by atoms with E-state index in [0.29, 0.717) is 17.5 Å². The van der Waals surface area contributed by atoms with Crippen molar-refractivity contribution in [1.82, 2.24) is 24.5 Å². The summed E-state index contributed by atoms with van der Waals surface area (Å²) in [5, 5.41) is 2.35. The second-order valence-corrected chi connectivity index (χ2v) is 15.6. The summed E-state index contributed by atoms with van der Waals surface area (Å²) >= 11 is 0. The average Bonchev–Trinajstić information content (AvgIpc) is 3.59. The number of benzene rings is 7. The third kappa shape index (κ3) is 6.87. The largest absolute Gasteiger partial charge is 0.308 e. The first-order chi connectivity index (χ1) is 28.8. The maximum atomic E-state index is 5.29. The smallest absolute Gasteiger partial charge is 0.166 e. The van der Waals surface area contributed by atoms with Crippen molar-refractivity contribution in [2.24, 2.45) is 0 Å². The molecule has 5 nitrogen and oxygen atoms in total. The van der Waals surface area contributed by atoms with E-state index in [0.717, 1.165) is 55.7 Å². The van der Waals surface area contributed by atoms with Gasteiger partial charge in [-0.25, -0.2) is 15.0 Å². The molecule has 0 saturated carbocycles. The van der Waals surface area contributed by atoms with Crippen LogP contribution in [0.25, 0.3) is 95.0 Å². The minimum absolute atomic E-state index is 0.592. The van der Waals surface area contributed by atoms with Crippen molar-refractivity contribution < 1.29 is 0 Å². The molecule has 282 valence electrons. The van der Waals surface area contributed by atoms with Crippen LogP contribution in [0.4, 0.5) is 0 Å². The number of hydrogen-bond donors (Lipinski definition) is 0. The van der Waals surface area contributed by atoms with E-state index in [9.17, 15) is 0 Å². The van der Waals surface area contributed by atoms with E-state index in [1.54, 1.807) is 0 Å². The van der Waals surface area contributed by atoms with Gasteiger partial charge in [-0.15, -0.1) is 0 Å². The van der Waals surface area contributed by atoms with Crippen LogP contribution in [0, 0.1) is 27.7 Å². The van der Waals surface area contributed by atoms with Crippen molar-refractivity contribution in [1.29, 1.82) is 0 Å². The van der Waals surface area contributed by atoms with Gasteiger partial charge in [-0.05, 0) is 97.5 Å². The SMILES string of the molecule is Cc1cc(C)cc(-c2ccc3c4ccc(-c5cc(C)cc(C)c5)cc4n(-c4ccc(-c5ccncc5)cc4-c4nc(-c5ccccc5)nc(-c5ccccc5)n4)c3c2)c1. The van der Waals surface area contributed by atoms with E-state index < -0.39 is 0 Å². The summed E-state index contributed by atoms with van der Waals surface area (Å²) in [6, 6.07) is 58.4. The van der Waals surface area contributed by atoms with E-state index in [-0.39, 0.29) is 0 Å². The molecule has 0 saturated heterocycles. The minimum Gasteiger partial charge on any atom is -0.308 e. The Kier molecular flexibility index (Phi) is 8.99. The normalized spacial score (nSPS) is 11.4. The van der Waals surface area contributed by atoms with E-state index in [2.05, 4.69) is 153 Å². The van der Waals surface area contributed by atoms with Gasteiger partial charge in [0.25, 0.3) is 0 Å². The maximum absolute atomic E-state index is 5.29. The van der Waals surface area contributed by atoms with E-state index in [4.69, 9.17) is 15.0 Å². The lowest BCUT2D eigenvalue weighted by Gasteiger charge is -2.17. The van der Waals surface area contributed by atoms with Crippen molar-refractivity contribution in [2.75, 3.05) is 0 Å². The van der Waals surface area contributed by atoms with Crippen LogP contribution in [0.1, 0.15) is 22.3 Å². The van der Waals surface area contributed by atoms with Crippen molar-refractivity contribution in [3.05, 3.63) is 198 Å². The quantitative estimate of drug-likeness (QED) is 0.162. The zero-order valence-electron chi connectivity index (χ0n) is 33.5. The molecule has 59 heavy (non-hydrogen) atoms. The Bertz CT molecular complexity index is 2980. The summed E-state index contributed by atoms with van der Waals surface area (Å²) in [6.45, 7) is 8.66. The molecule has 0 unspecified atom stereocenters. The zero-order chi connectivity index (χ0) is 40.0. The predicted molar refractivity (Wildman–Crippen MR) is 244 cm³/mol. The highest BCUT2D eigenvalue weighted by atomic mass is 15.1. The number of nitrogens with zero attached hydrogens (tertiary/aromatic N) is 5. The molecule has 0 aliphatic rings. The van der Waals surface area contributed by atoms with Crippen molar-refractivity contribution >= 4 is 21.8 Å². The molecule has 0 aliphatic heterocycles. The summed E-state index contributed by atoms with van der Waals surface area (Å²) in [5.74, 6) is 1.83. The Balaban J connectivity index is 1.31. The number of hydrogen-bond acceptors (Lipinski definition) is 4. The highest BCUT2D eigenvalue weighted by Crippen LogP contribution is 2.41. The second-order valence-electron chi connectivity index (χ2n) is 15.6. The molecule has 7 aromatic carbocycles. The third-order valence-electron chi connectivity index (χ3n) is 11.1. The molecule has 3 heterocycles. The first kappa shape index (κ1) is 35.9. The lowest BCUT2D eigenvalue weighted by molar-refractivity contribution is 1.06. The number of rotatable bonds is 7. The molecular weight excluding hydrogens is 719 g/mol. The molecule has 0 amide bonds. The summed E-state index contributed by atoms with van der Waals surface area (Å²) < 4.78 is 2.42. The standard InChI is InChI=1S/C54H41N5/c1-34-25-35(2)28-44(27-34)42-15-18-46-47-19-16-43(45-29-36(3)26-37(4)30-45)33-51(47)59(50(46)32-42)49-20-17-41(38-21-23-55-24-22-38)31-48(49)54-57-52(39-11-7-5-8-12-39)56-53(58-54)40-13-9-6-10-14-40/h5-33H,1-4H3. The van der Waals surface area contributed by atoms with Gasteiger partial charge in [0.2, 0.25) is 0 Å². The summed E-state index contributed by atoms with van der Waals surface area (Å²) in [6.07, 6.45) is 3.67. The fourth-order valence-electron chi connectivity index (χ4n) is 8.48. The number of fused-ring (bicyclic) bond motifs is 3. The molecule has 0 bridgehead atoms. The van der Waals surface area contributed by atoms with Crippen molar-refractivity contribution in [3.63, 3.8) is 0 Å². The van der Waals surface area contributed by atoms with Crippen LogP contribution in [0.5, 0.6) is 0 Å². The molecular formula is C54H41N5. The highest BCUT2D eigenvalue weighted by Gasteiger charge is 2.21. The van der Waals surface area contributed by atoms with Gasteiger partial charge in [-0.2, -0.15) is 0 Å². The van der Waals surface area contributed by atoms with Crippen molar-refractivity contribution in [3.8, 4) is 73.2 Å². The molecule has 0 N–H and O–H groups in total. The first-order valence-corrected chi connectivity index (χ1v) is 20.0. The number of aryl methyl sites for hydroxylation is 4. The molecule has 0 spiro atoms. The van der Waals surface area contributed by atoms with Crippen molar-refractivity contribution in [2.45, 2.75) is 27.7 Å². The topological polar surface area (TPSA) is 56.5 Å². The molecule has 0 radical (unpaired) electrons. The van der Waals surface area contributed by atoms with Gasteiger partial charge in [-0.3, -0.25) is 4.98 Å². The fraction of sp³-hybridized carbons (Fsp3) is 0.0741. The maximum Gasteiger partial charge on any atom is 0.166 e. The summed E-state index contributed by atoms with van der Waals surface area (Å²) in [7, 11) is 0. The number of aromatic nitrogens is 5. The lowest BCUT2D eigenvalue weighted by Crippen LogP contribution is -2.04. The summed E-state index contributed by atoms with van der Waals surface area (Å²) in [4.78, 5) is 19.9. The molecule has 3 aromatic heterocycles. The molecule has 0 aliphatic carbocycles. The minimum atomic E-state index is 0.592. The highest BCUT2D eigenvalue weighted by molar-refractivity contribution is 6.11. The Hall–Kier alpha value is -7.50. The van der Waals surface area contributed by atoms with Gasteiger partial charge < -0.3 is 4.57 Å². The Morgan fingerprint density at radius 1 is 0.339 bits per heavy atom. The molecule has 10 aromatic rings. The average molecular weight is 760 g/mol. The zero-order valence-corrected chi connectivity index (χ0v) is 33.5. The fourth-order valence-corrected chi connectivity index (χ4v) is 8.48. The third-order valence-corrected chi connectivity index (χ3v) is 11.1. The molecule has 5 heteroatoms. The Morgan fingerprint density at radius 2 is 0.780 bits per heavy atom. The van der Waals surface area contributed by atoms with E-state index >= 15 is 0 Å². The molecule has 10 rings (SSSR count). The van der Waals surface area contributed by atoms with Crippen LogP contribution in [0.2, 0.25) is 0 Å². The lowest BCUT2D eigenvalue weighted by atomic mass is 9.98. The Morgan fingerprint density at radius 3 is 1.27 bits per heavy atom. The first-order valence-electron chi connectivity index (χ1n) is 20.0. The van der Waals surface area contributed by atoms with E-state index in [1.807, 2.05) is 60.9 Å². The van der Waals surface area contributed by atoms with Crippen LogP contribution in [-0.2, 0) is 0 Å². The van der Waals surface area contributed by atoms with Crippen LogP contribution >= 0.6 is 0 Å². The van der Waals surface area contributed by atoms with Gasteiger partial charge in [0.05, 0.1) is 16.7 Å². The number of pyridine rings is 1. The Labute approximate surface area is 344 Å².